The standard InChI is InChI=1S/C8H8ClNO4/c1-13-8(9)14-7-5-3-2-4-6(7)10(11)12/h2-5,8H,1H3. The Hall–Kier alpha value is -1.33. The van der Waals surface area contributed by atoms with Gasteiger partial charge in [0.25, 0.3) is 5.75 Å². The molecule has 0 fully saturated rings. The third kappa shape index (κ3) is 2.58. The predicted octanol–water partition coefficient (Wildman–Crippen LogP) is 2.14. The SMILES string of the molecule is COC(Cl)Oc1ccccc1[N+](=O)[O-]. The summed E-state index contributed by atoms with van der Waals surface area (Å²) < 4.78 is 9.57. The second-order valence-corrected chi connectivity index (χ2v) is 2.71. The van der Waals surface area contributed by atoms with Crippen LogP contribution in [-0.4, -0.2) is 17.8 Å². The van der Waals surface area contributed by atoms with Gasteiger partial charge >= 0.3 is 5.69 Å². The summed E-state index contributed by atoms with van der Waals surface area (Å²) in [6, 6.07) is 5.93. The molecule has 0 bridgehead atoms. The number of hydrogen-bond acceptors (Lipinski definition) is 4. The number of methoxy groups -OCH3 is 1. The quantitative estimate of drug-likeness (QED) is 0.336. The Bertz CT molecular complexity index is 331. The van der Waals surface area contributed by atoms with Gasteiger partial charge in [0.15, 0.2) is 0 Å². The minimum Gasteiger partial charge on any atom is -0.444 e. The van der Waals surface area contributed by atoms with Crippen molar-refractivity contribution >= 4 is 17.3 Å². The molecule has 1 atom stereocenters. The first-order chi connectivity index (χ1) is 6.65. The van der Waals surface area contributed by atoms with Crippen molar-refractivity contribution in [2.24, 2.45) is 0 Å². The lowest BCUT2D eigenvalue weighted by Gasteiger charge is -2.09. The molecule has 1 aromatic carbocycles. The fourth-order valence-electron chi connectivity index (χ4n) is 0.856. The minimum atomic E-state index is -1.03. The molecular formula is C8H8ClNO4. The molecular weight excluding hydrogens is 210 g/mol. The Morgan fingerprint density at radius 1 is 1.50 bits per heavy atom. The first kappa shape index (κ1) is 10.7. The zero-order valence-electron chi connectivity index (χ0n) is 7.34. The van der Waals surface area contributed by atoms with Crippen molar-refractivity contribution in [1.29, 1.82) is 0 Å². The lowest BCUT2D eigenvalue weighted by molar-refractivity contribution is -0.386. The highest BCUT2D eigenvalue weighted by Gasteiger charge is 2.16. The molecule has 6 heteroatoms. The van der Waals surface area contributed by atoms with Gasteiger partial charge < -0.3 is 9.47 Å². The molecule has 1 aromatic rings. The minimum absolute atomic E-state index is 0.0827. The second-order valence-electron chi connectivity index (χ2n) is 2.35. The molecule has 0 aliphatic carbocycles. The van der Waals surface area contributed by atoms with Gasteiger partial charge in [0.05, 0.1) is 4.92 Å². The number of nitro benzene ring substituents is 1. The molecule has 0 aromatic heterocycles. The van der Waals surface area contributed by atoms with Crippen molar-refractivity contribution in [3.63, 3.8) is 0 Å². The van der Waals surface area contributed by atoms with E-state index in [2.05, 4.69) is 4.74 Å². The van der Waals surface area contributed by atoms with Gasteiger partial charge in [-0.1, -0.05) is 12.1 Å². The first-order valence-corrected chi connectivity index (χ1v) is 4.15. The number of para-hydroxylation sites is 2. The first-order valence-electron chi connectivity index (χ1n) is 3.72. The van der Waals surface area contributed by atoms with E-state index in [-0.39, 0.29) is 11.4 Å². The van der Waals surface area contributed by atoms with Gasteiger partial charge in [-0.3, -0.25) is 10.1 Å². The van der Waals surface area contributed by atoms with Crippen LogP contribution in [0.15, 0.2) is 24.3 Å². The molecule has 0 saturated carbocycles. The maximum atomic E-state index is 10.5. The maximum Gasteiger partial charge on any atom is 0.311 e. The average Bonchev–Trinajstić information content (AvgIpc) is 2.18. The fraction of sp³-hybridized carbons (Fsp3) is 0.250. The maximum absolute atomic E-state index is 10.5. The van der Waals surface area contributed by atoms with Gasteiger partial charge in [0.2, 0.25) is 5.75 Å². The molecule has 1 rings (SSSR count). The molecule has 0 spiro atoms. The highest BCUT2D eigenvalue weighted by molar-refractivity contribution is 6.18. The second kappa shape index (κ2) is 4.78. The van der Waals surface area contributed by atoms with Gasteiger partial charge in [0.1, 0.15) is 0 Å². The van der Waals surface area contributed by atoms with E-state index in [1.54, 1.807) is 12.1 Å². The van der Waals surface area contributed by atoms with Gasteiger partial charge in [0, 0.05) is 13.2 Å². The van der Waals surface area contributed by atoms with Crippen molar-refractivity contribution in [2.45, 2.75) is 5.75 Å². The van der Waals surface area contributed by atoms with Crippen LogP contribution in [0, 0.1) is 10.1 Å². The van der Waals surface area contributed by atoms with E-state index >= 15 is 0 Å². The van der Waals surface area contributed by atoms with Crippen LogP contribution in [0.5, 0.6) is 5.75 Å². The van der Waals surface area contributed by atoms with E-state index in [1.807, 2.05) is 0 Å². The number of benzene rings is 1. The number of nitro groups is 1. The van der Waals surface area contributed by atoms with E-state index < -0.39 is 10.7 Å². The van der Waals surface area contributed by atoms with Gasteiger partial charge in [-0.2, -0.15) is 0 Å². The van der Waals surface area contributed by atoms with Crippen molar-refractivity contribution < 1.29 is 14.4 Å². The molecule has 76 valence electrons. The zero-order valence-corrected chi connectivity index (χ0v) is 8.10. The van der Waals surface area contributed by atoms with Crippen LogP contribution in [-0.2, 0) is 4.74 Å². The average molecular weight is 218 g/mol. The predicted molar refractivity (Wildman–Crippen MR) is 50.4 cm³/mol. The van der Waals surface area contributed by atoms with Gasteiger partial charge in [-0.15, -0.1) is 0 Å². The van der Waals surface area contributed by atoms with Crippen molar-refractivity contribution in [2.75, 3.05) is 7.11 Å². The molecule has 0 aliphatic rings. The molecule has 5 nitrogen and oxygen atoms in total. The van der Waals surface area contributed by atoms with Crippen molar-refractivity contribution in [3.05, 3.63) is 34.4 Å². The monoisotopic (exact) mass is 217 g/mol. The Balaban J connectivity index is 2.90. The summed E-state index contributed by atoms with van der Waals surface area (Å²) in [7, 11) is 1.34. The molecule has 0 amide bonds. The smallest absolute Gasteiger partial charge is 0.311 e. The number of rotatable bonds is 4. The number of alkyl halides is 1. The van der Waals surface area contributed by atoms with E-state index in [0.717, 1.165) is 0 Å². The van der Waals surface area contributed by atoms with E-state index in [0.29, 0.717) is 0 Å². The number of hydrogen-bond donors (Lipinski definition) is 0. The molecule has 1 unspecified atom stereocenters. The molecule has 0 aliphatic heterocycles. The Morgan fingerprint density at radius 3 is 2.71 bits per heavy atom. The molecule has 0 N–H and O–H groups in total. The highest BCUT2D eigenvalue weighted by Crippen LogP contribution is 2.27. The largest absolute Gasteiger partial charge is 0.444 e. The van der Waals surface area contributed by atoms with E-state index in [9.17, 15) is 10.1 Å². The molecule has 0 radical (unpaired) electrons. The van der Waals surface area contributed by atoms with Gasteiger partial charge in [-0.05, 0) is 17.7 Å². The van der Waals surface area contributed by atoms with Crippen LogP contribution in [0.4, 0.5) is 5.69 Å². The summed E-state index contributed by atoms with van der Waals surface area (Å²) in [5, 5.41) is 10.5. The Labute approximate surface area is 85.3 Å². The normalized spacial score (nSPS) is 12.1. The van der Waals surface area contributed by atoms with Gasteiger partial charge in [-0.25, -0.2) is 0 Å². The Morgan fingerprint density at radius 2 is 2.14 bits per heavy atom. The van der Waals surface area contributed by atoms with Crippen molar-refractivity contribution in [1.82, 2.24) is 0 Å². The molecule has 14 heavy (non-hydrogen) atoms. The summed E-state index contributed by atoms with van der Waals surface area (Å²) >= 11 is 5.51. The number of ether oxygens (including phenoxy) is 2. The number of nitrogens with zero attached hydrogens (tertiary/aromatic N) is 1. The lowest BCUT2D eigenvalue weighted by Crippen LogP contribution is -2.11. The molecule has 0 heterocycles. The lowest BCUT2D eigenvalue weighted by atomic mass is 10.3. The van der Waals surface area contributed by atoms with Crippen LogP contribution >= 0.6 is 11.6 Å². The topological polar surface area (TPSA) is 61.6 Å². The molecule has 0 saturated heterocycles. The summed E-state index contributed by atoms with van der Waals surface area (Å²) in [5.41, 5.74) is -0.143. The van der Waals surface area contributed by atoms with Crippen LogP contribution in [0.3, 0.4) is 0 Å². The summed E-state index contributed by atoms with van der Waals surface area (Å²) in [5.74, 6) is -0.949. The van der Waals surface area contributed by atoms with Crippen LogP contribution in [0.2, 0.25) is 0 Å². The summed E-state index contributed by atoms with van der Waals surface area (Å²) in [6.07, 6.45) is 0. The van der Waals surface area contributed by atoms with Crippen molar-refractivity contribution in [3.8, 4) is 5.75 Å². The fourth-order valence-corrected chi connectivity index (χ4v) is 0.952. The van der Waals surface area contributed by atoms with E-state index in [1.165, 1.54) is 19.2 Å². The Kier molecular flexibility index (Phi) is 3.67. The number of halogens is 1. The van der Waals surface area contributed by atoms with Crippen LogP contribution in [0.1, 0.15) is 0 Å². The highest BCUT2D eigenvalue weighted by atomic mass is 35.5. The zero-order chi connectivity index (χ0) is 10.6. The van der Waals surface area contributed by atoms with Crippen LogP contribution in [0.25, 0.3) is 0 Å². The van der Waals surface area contributed by atoms with E-state index in [4.69, 9.17) is 16.3 Å². The van der Waals surface area contributed by atoms with Crippen LogP contribution < -0.4 is 4.74 Å². The summed E-state index contributed by atoms with van der Waals surface area (Å²) in [4.78, 5) is 9.99. The third-order valence-electron chi connectivity index (χ3n) is 1.47. The third-order valence-corrected chi connectivity index (χ3v) is 1.73. The summed E-state index contributed by atoms with van der Waals surface area (Å²) in [6.45, 7) is 0.